The van der Waals surface area contributed by atoms with E-state index in [0.29, 0.717) is 13.2 Å². The van der Waals surface area contributed by atoms with Crippen molar-refractivity contribution in [2.75, 3.05) is 20.3 Å². The van der Waals surface area contributed by atoms with Crippen molar-refractivity contribution in [3.63, 3.8) is 0 Å². The number of benzene rings is 1. The summed E-state index contributed by atoms with van der Waals surface area (Å²) in [6.07, 6.45) is 1.80. The van der Waals surface area contributed by atoms with Crippen molar-refractivity contribution in [2.24, 2.45) is 0 Å². The quantitative estimate of drug-likeness (QED) is 0.749. The van der Waals surface area contributed by atoms with Crippen LogP contribution in [0.2, 0.25) is 0 Å². The average molecular weight is 272 g/mol. The molecule has 4 nitrogen and oxygen atoms in total. The molecule has 0 unspecified atom stereocenters. The number of nitrogens with zero attached hydrogens (tertiary/aromatic N) is 1. The third-order valence-corrected chi connectivity index (χ3v) is 2.79. The van der Waals surface area contributed by atoms with Gasteiger partial charge in [0.1, 0.15) is 12.4 Å². The van der Waals surface area contributed by atoms with Gasteiger partial charge in [-0.1, -0.05) is 18.2 Å². The van der Waals surface area contributed by atoms with Crippen molar-refractivity contribution in [2.45, 2.75) is 13.2 Å². The van der Waals surface area contributed by atoms with Gasteiger partial charge < -0.3 is 14.8 Å². The van der Waals surface area contributed by atoms with E-state index in [1.807, 2.05) is 42.5 Å². The summed E-state index contributed by atoms with van der Waals surface area (Å²) in [4.78, 5) is 4.25. The fourth-order valence-electron chi connectivity index (χ4n) is 1.85. The van der Waals surface area contributed by atoms with E-state index in [1.54, 1.807) is 13.3 Å². The van der Waals surface area contributed by atoms with E-state index in [2.05, 4.69) is 10.3 Å². The van der Waals surface area contributed by atoms with Crippen LogP contribution in [0.3, 0.4) is 0 Å². The Kier molecular flexibility index (Phi) is 6.02. The monoisotopic (exact) mass is 272 g/mol. The van der Waals surface area contributed by atoms with Crippen LogP contribution in [0.25, 0.3) is 0 Å². The molecule has 20 heavy (non-hydrogen) atoms. The zero-order valence-electron chi connectivity index (χ0n) is 11.7. The second-order valence-electron chi connectivity index (χ2n) is 4.43. The van der Waals surface area contributed by atoms with Gasteiger partial charge in [-0.05, 0) is 29.8 Å². The van der Waals surface area contributed by atoms with Gasteiger partial charge in [0.15, 0.2) is 0 Å². The molecule has 0 amide bonds. The van der Waals surface area contributed by atoms with Crippen molar-refractivity contribution in [1.82, 2.24) is 10.3 Å². The van der Waals surface area contributed by atoms with Gasteiger partial charge in [0.2, 0.25) is 0 Å². The molecule has 4 heteroatoms. The first kappa shape index (κ1) is 14.5. The minimum Gasteiger partial charge on any atom is -0.492 e. The molecular weight excluding hydrogens is 252 g/mol. The summed E-state index contributed by atoms with van der Waals surface area (Å²) in [5.41, 5.74) is 2.15. The fourth-order valence-corrected chi connectivity index (χ4v) is 1.85. The molecule has 0 fully saturated rings. The normalized spacial score (nSPS) is 10.4. The Hall–Kier alpha value is -1.91. The van der Waals surface area contributed by atoms with Gasteiger partial charge in [0.05, 0.1) is 12.3 Å². The van der Waals surface area contributed by atoms with Gasteiger partial charge in [-0.15, -0.1) is 0 Å². The molecule has 0 aliphatic carbocycles. The van der Waals surface area contributed by atoms with Gasteiger partial charge >= 0.3 is 0 Å². The lowest BCUT2D eigenvalue weighted by molar-refractivity contribution is 0.184. The van der Waals surface area contributed by atoms with Crippen molar-refractivity contribution < 1.29 is 9.47 Å². The molecular formula is C16H20N2O2. The second-order valence-corrected chi connectivity index (χ2v) is 4.43. The SMILES string of the molecule is COCc1cccc(OCCNCc2ccccn2)c1. The molecule has 0 atom stereocenters. The molecule has 2 aromatic rings. The van der Waals surface area contributed by atoms with E-state index in [9.17, 15) is 0 Å². The number of methoxy groups -OCH3 is 1. The number of rotatable bonds is 8. The molecule has 0 spiro atoms. The highest BCUT2D eigenvalue weighted by molar-refractivity contribution is 5.28. The Labute approximate surface area is 119 Å². The van der Waals surface area contributed by atoms with E-state index < -0.39 is 0 Å². The maximum absolute atomic E-state index is 5.69. The molecule has 0 aliphatic rings. The Morgan fingerprint density at radius 1 is 1.15 bits per heavy atom. The van der Waals surface area contributed by atoms with Gasteiger partial charge in [-0.3, -0.25) is 4.98 Å². The predicted molar refractivity (Wildman–Crippen MR) is 78.6 cm³/mol. The molecule has 1 aromatic carbocycles. The molecule has 0 aliphatic heterocycles. The molecule has 0 bridgehead atoms. The molecule has 0 saturated heterocycles. The topological polar surface area (TPSA) is 43.4 Å². The lowest BCUT2D eigenvalue weighted by Crippen LogP contribution is -2.21. The van der Waals surface area contributed by atoms with E-state index >= 15 is 0 Å². The highest BCUT2D eigenvalue weighted by atomic mass is 16.5. The second kappa shape index (κ2) is 8.30. The van der Waals surface area contributed by atoms with Gasteiger partial charge in [-0.2, -0.15) is 0 Å². The molecule has 1 N–H and O–H groups in total. The smallest absolute Gasteiger partial charge is 0.119 e. The van der Waals surface area contributed by atoms with Crippen LogP contribution in [-0.2, 0) is 17.9 Å². The van der Waals surface area contributed by atoms with Crippen LogP contribution in [0, 0.1) is 0 Å². The summed E-state index contributed by atoms with van der Waals surface area (Å²) in [6, 6.07) is 13.9. The summed E-state index contributed by atoms with van der Waals surface area (Å²) in [6.45, 7) is 2.78. The Balaban J connectivity index is 1.67. The van der Waals surface area contributed by atoms with Crippen LogP contribution in [0.5, 0.6) is 5.75 Å². The number of hydrogen-bond donors (Lipinski definition) is 1. The Bertz CT molecular complexity index is 503. The van der Waals surface area contributed by atoms with E-state index in [1.165, 1.54) is 0 Å². The van der Waals surface area contributed by atoms with Crippen LogP contribution in [0.1, 0.15) is 11.3 Å². The largest absolute Gasteiger partial charge is 0.492 e. The molecule has 0 radical (unpaired) electrons. The first-order valence-corrected chi connectivity index (χ1v) is 6.70. The molecule has 0 saturated carbocycles. The summed E-state index contributed by atoms with van der Waals surface area (Å²) in [5, 5.41) is 3.30. The van der Waals surface area contributed by atoms with Crippen LogP contribution in [-0.4, -0.2) is 25.2 Å². The lowest BCUT2D eigenvalue weighted by atomic mass is 10.2. The minimum atomic E-state index is 0.606. The van der Waals surface area contributed by atoms with Gasteiger partial charge in [-0.25, -0.2) is 0 Å². The Morgan fingerprint density at radius 3 is 2.90 bits per heavy atom. The number of aromatic nitrogens is 1. The fraction of sp³-hybridized carbons (Fsp3) is 0.312. The van der Waals surface area contributed by atoms with Crippen LogP contribution < -0.4 is 10.1 Å². The van der Waals surface area contributed by atoms with Gasteiger partial charge in [0.25, 0.3) is 0 Å². The van der Waals surface area contributed by atoms with Crippen molar-refractivity contribution in [3.8, 4) is 5.75 Å². The first-order valence-electron chi connectivity index (χ1n) is 6.70. The number of ether oxygens (including phenoxy) is 2. The molecule has 1 aromatic heterocycles. The van der Waals surface area contributed by atoms with Crippen molar-refractivity contribution in [3.05, 3.63) is 59.9 Å². The average Bonchev–Trinajstić information content (AvgIpc) is 2.49. The third kappa shape index (κ3) is 4.99. The summed E-state index contributed by atoms with van der Waals surface area (Å²) in [5.74, 6) is 0.874. The van der Waals surface area contributed by atoms with Crippen LogP contribution in [0.15, 0.2) is 48.7 Å². The Morgan fingerprint density at radius 2 is 2.10 bits per heavy atom. The lowest BCUT2D eigenvalue weighted by Gasteiger charge is -2.08. The summed E-state index contributed by atoms with van der Waals surface area (Å²) in [7, 11) is 1.69. The highest BCUT2D eigenvalue weighted by Gasteiger charge is 1.97. The molecule has 2 rings (SSSR count). The number of pyridine rings is 1. The summed E-state index contributed by atoms with van der Waals surface area (Å²) >= 11 is 0. The number of hydrogen-bond acceptors (Lipinski definition) is 4. The van der Waals surface area contributed by atoms with E-state index in [-0.39, 0.29) is 0 Å². The maximum Gasteiger partial charge on any atom is 0.119 e. The molecule has 106 valence electrons. The number of nitrogens with one attached hydrogen (secondary N) is 1. The highest BCUT2D eigenvalue weighted by Crippen LogP contribution is 2.13. The van der Waals surface area contributed by atoms with E-state index in [0.717, 1.165) is 30.1 Å². The molecule has 1 heterocycles. The standard InChI is InChI=1S/C16H20N2O2/c1-19-13-14-5-4-7-16(11-14)20-10-9-17-12-15-6-2-3-8-18-15/h2-8,11,17H,9-10,12-13H2,1H3. The maximum atomic E-state index is 5.69. The predicted octanol–water partition coefficient (Wildman–Crippen LogP) is 2.40. The third-order valence-electron chi connectivity index (χ3n) is 2.79. The zero-order chi connectivity index (χ0) is 14.0. The minimum absolute atomic E-state index is 0.606. The first-order chi connectivity index (χ1) is 9.88. The van der Waals surface area contributed by atoms with Crippen molar-refractivity contribution in [1.29, 1.82) is 0 Å². The summed E-state index contributed by atoms with van der Waals surface area (Å²) < 4.78 is 10.8. The van der Waals surface area contributed by atoms with Crippen molar-refractivity contribution >= 4 is 0 Å². The van der Waals surface area contributed by atoms with Crippen LogP contribution >= 0.6 is 0 Å². The van der Waals surface area contributed by atoms with Gasteiger partial charge in [0, 0.05) is 26.4 Å². The van der Waals surface area contributed by atoms with E-state index in [4.69, 9.17) is 9.47 Å². The van der Waals surface area contributed by atoms with Crippen LogP contribution in [0.4, 0.5) is 0 Å². The zero-order valence-corrected chi connectivity index (χ0v) is 11.7.